The fraction of sp³-hybridized carbons (Fsp3) is 0.455. The molecule has 1 fully saturated rings. The number of pyridine rings is 1. The average Bonchev–Trinajstić information content (AvgIpc) is 2.77. The van der Waals surface area contributed by atoms with Crippen LogP contribution < -0.4 is 11.3 Å². The number of anilines is 1. The Kier molecular flexibility index (Phi) is 3.72. The van der Waals surface area contributed by atoms with E-state index in [1.165, 1.54) is 17.2 Å². The molecule has 0 aromatic carbocycles. The molecular formula is C11H16N4O3S. The van der Waals surface area contributed by atoms with E-state index in [1.54, 1.807) is 13.1 Å². The summed E-state index contributed by atoms with van der Waals surface area (Å²) in [7, 11) is -1.42. The Morgan fingerprint density at radius 1 is 1.58 bits per heavy atom. The van der Waals surface area contributed by atoms with Gasteiger partial charge in [-0.3, -0.25) is 15.6 Å². The summed E-state index contributed by atoms with van der Waals surface area (Å²) in [5, 5.41) is 0. The van der Waals surface area contributed by atoms with Crippen molar-refractivity contribution in [2.45, 2.75) is 12.5 Å². The first-order valence-corrected chi connectivity index (χ1v) is 7.65. The molecule has 104 valence electrons. The summed E-state index contributed by atoms with van der Waals surface area (Å²) in [5.74, 6) is 5.11. The SMILES string of the molecule is CN(C(=O)c1cc(NN)ccn1)C1CCS(=O)(=O)C1. The number of sulfone groups is 1. The topological polar surface area (TPSA) is 105 Å². The molecule has 0 aliphatic carbocycles. The van der Waals surface area contributed by atoms with Crippen LogP contribution in [-0.2, 0) is 9.84 Å². The second-order valence-corrected chi connectivity index (χ2v) is 6.78. The molecule has 1 amide bonds. The summed E-state index contributed by atoms with van der Waals surface area (Å²) >= 11 is 0. The fourth-order valence-electron chi connectivity index (χ4n) is 2.06. The number of hydrogen-bond donors (Lipinski definition) is 2. The van der Waals surface area contributed by atoms with Crippen LogP contribution >= 0.6 is 0 Å². The van der Waals surface area contributed by atoms with Crippen LogP contribution in [0.3, 0.4) is 0 Å². The Labute approximate surface area is 111 Å². The van der Waals surface area contributed by atoms with E-state index in [0.717, 1.165) is 0 Å². The van der Waals surface area contributed by atoms with Crippen LogP contribution in [0.1, 0.15) is 16.9 Å². The van der Waals surface area contributed by atoms with Gasteiger partial charge in [0.1, 0.15) is 5.69 Å². The van der Waals surface area contributed by atoms with Gasteiger partial charge in [0.05, 0.1) is 17.2 Å². The molecular weight excluding hydrogens is 268 g/mol. The Morgan fingerprint density at radius 2 is 2.32 bits per heavy atom. The third-order valence-corrected chi connectivity index (χ3v) is 4.97. The number of carbonyl (C=O) groups is 1. The van der Waals surface area contributed by atoms with E-state index in [9.17, 15) is 13.2 Å². The summed E-state index contributed by atoms with van der Waals surface area (Å²) in [6.07, 6.45) is 1.95. The molecule has 7 nitrogen and oxygen atoms in total. The van der Waals surface area contributed by atoms with E-state index >= 15 is 0 Å². The van der Waals surface area contributed by atoms with E-state index in [4.69, 9.17) is 5.84 Å². The third kappa shape index (κ3) is 3.02. The monoisotopic (exact) mass is 284 g/mol. The second-order valence-electron chi connectivity index (χ2n) is 4.55. The summed E-state index contributed by atoms with van der Waals surface area (Å²) < 4.78 is 22.8. The highest BCUT2D eigenvalue weighted by Crippen LogP contribution is 2.18. The lowest BCUT2D eigenvalue weighted by Gasteiger charge is -2.23. The number of carbonyl (C=O) groups excluding carboxylic acids is 1. The Bertz CT molecular complexity index is 587. The van der Waals surface area contributed by atoms with Gasteiger partial charge in [-0.05, 0) is 18.6 Å². The Morgan fingerprint density at radius 3 is 2.89 bits per heavy atom. The minimum absolute atomic E-state index is 0.0179. The number of nitrogens with one attached hydrogen (secondary N) is 1. The number of nitrogens with two attached hydrogens (primary N) is 1. The second kappa shape index (κ2) is 5.14. The molecule has 1 aliphatic heterocycles. The van der Waals surface area contributed by atoms with E-state index in [2.05, 4.69) is 10.4 Å². The quantitative estimate of drug-likeness (QED) is 0.579. The summed E-state index contributed by atoms with van der Waals surface area (Å²) in [5.41, 5.74) is 3.25. The molecule has 0 saturated carbocycles. The Balaban J connectivity index is 2.15. The maximum Gasteiger partial charge on any atom is 0.272 e. The van der Waals surface area contributed by atoms with Crippen LogP contribution in [0, 0.1) is 0 Å². The van der Waals surface area contributed by atoms with Crippen LogP contribution in [0.2, 0.25) is 0 Å². The van der Waals surface area contributed by atoms with E-state index in [-0.39, 0.29) is 29.1 Å². The molecule has 0 radical (unpaired) electrons. The lowest BCUT2D eigenvalue weighted by molar-refractivity contribution is 0.0742. The van der Waals surface area contributed by atoms with Crippen LogP contribution in [0.5, 0.6) is 0 Å². The lowest BCUT2D eigenvalue weighted by Crippen LogP contribution is -2.38. The number of amides is 1. The zero-order chi connectivity index (χ0) is 14.0. The van der Waals surface area contributed by atoms with Crippen molar-refractivity contribution in [1.29, 1.82) is 0 Å². The van der Waals surface area contributed by atoms with E-state index in [0.29, 0.717) is 12.1 Å². The molecule has 3 N–H and O–H groups in total. The van der Waals surface area contributed by atoms with Crippen LogP contribution in [-0.4, -0.2) is 48.8 Å². The zero-order valence-electron chi connectivity index (χ0n) is 10.5. The molecule has 2 heterocycles. The Hall–Kier alpha value is -1.67. The van der Waals surface area contributed by atoms with Gasteiger partial charge in [0, 0.05) is 19.3 Å². The minimum Gasteiger partial charge on any atom is -0.336 e. The molecule has 1 aliphatic rings. The van der Waals surface area contributed by atoms with Crippen molar-refractivity contribution in [3.8, 4) is 0 Å². The van der Waals surface area contributed by atoms with Gasteiger partial charge in [0.25, 0.3) is 5.91 Å². The third-order valence-electron chi connectivity index (χ3n) is 3.22. The van der Waals surface area contributed by atoms with Crippen molar-refractivity contribution in [3.05, 3.63) is 24.0 Å². The molecule has 1 aromatic rings. The molecule has 0 spiro atoms. The van der Waals surface area contributed by atoms with Gasteiger partial charge >= 0.3 is 0 Å². The number of aromatic nitrogens is 1. The smallest absolute Gasteiger partial charge is 0.272 e. The average molecular weight is 284 g/mol. The van der Waals surface area contributed by atoms with Gasteiger partial charge < -0.3 is 10.3 Å². The zero-order valence-corrected chi connectivity index (χ0v) is 11.4. The minimum atomic E-state index is -3.02. The molecule has 19 heavy (non-hydrogen) atoms. The number of hydrogen-bond acceptors (Lipinski definition) is 6. The highest BCUT2D eigenvalue weighted by atomic mass is 32.2. The number of hydrazine groups is 1. The highest BCUT2D eigenvalue weighted by Gasteiger charge is 2.33. The van der Waals surface area contributed by atoms with Gasteiger partial charge in [-0.1, -0.05) is 0 Å². The first-order chi connectivity index (χ1) is 8.93. The molecule has 2 rings (SSSR count). The van der Waals surface area contributed by atoms with Gasteiger partial charge in [-0.25, -0.2) is 8.42 Å². The molecule has 1 saturated heterocycles. The summed E-state index contributed by atoms with van der Waals surface area (Å²) in [6.45, 7) is 0. The lowest BCUT2D eigenvalue weighted by atomic mass is 10.2. The number of nitrogen functional groups attached to an aromatic ring is 1. The van der Waals surface area contributed by atoms with E-state index in [1.807, 2.05) is 0 Å². The van der Waals surface area contributed by atoms with Gasteiger partial charge in [-0.15, -0.1) is 0 Å². The summed E-state index contributed by atoms with van der Waals surface area (Å²) in [4.78, 5) is 17.6. The van der Waals surface area contributed by atoms with Gasteiger partial charge in [0.2, 0.25) is 0 Å². The van der Waals surface area contributed by atoms with Crippen LogP contribution in [0.4, 0.5) is 5.69 Å². The highest BCUT2D eigenvalue weighted by molar-refractivity contribution is 7.91. The predicted octanol–water partition coefficient (Wildman–Crippen LogP) is -0.374. The van der Waals surface area contributed by atoms with E-state index < -0.39 is 9.84 Å². The maximum atomic E-state index is 12.2. The van der Waals surface area contributed by atoms with Crippen LogP contribution in [0.15, 0.2) is 18.3 Å². The van der Waals surface area contributed by atoms with Gasteiger partial charge in [-0.2, -0.15) is 0 Å². The maximum absolute atomic E-state index is 12.2. The first kappa shape index (κ1) is 13.8. The van der Waals surface area contributed by atoms with Crippen molar-refractivity contribution in [1.82, 2.24) is 9.88 Å². The number of nitrogens with zero attached hydrogens (tertiary/aromatic N) is 2. The van der Waals surface area contributed by atoms with Gasteiger partial charge in [0.15, 0.2) is 9.84 Å². The largest absolute Gasteiger partial charge is 0.336 e. The molecule has 1 unspecified atom stereocenters. The fourth-order valence-corrected chi connectivity index (χ4v) is 3.84. The molecule has 1 aromatic heterocycles. The first-order valence-electron chi connectivity index (χ1n) is 5.83. The number of rotatable bonds is 3. The van der Waals surface area contributed by atoms with Crippen LogP contribution in [0.25, 0.3) is 0 Å². The van der Waals surface area contributed by atoms with Crippen molar-refractivity contribution >= 4 is 21.4 Å². The van der Waals surface area contributed by atoms with Crippen molar-refractivity contribution < 1.29 is 13.2 Å². The molecule has 0 bridgehead atoms. The standard InChI is InChI=1S/C11H16N4O3S/c1-15(9-3-5-19(17,18)7-9)11(16)10-6-8(14-12)2-4-13-10/h2,4,6,9H,3,5,7,12H2,1H3,(H,13,14). The van der Waals surface area contributed by atoms with Crippen molar-refractivity contribution in [2.75, 3.05) is 24.0 Å². The summed E-state index contributed by atoms with van der Waals surface area (Å²) in [6, 6.07) is 2.88. The van der Waals surface area contributed by atoms with Crippen molar-refractivity contribution in [2.24, 2.45) is 5.84 Å². The normalized spacial score (nSPS) is 21.1. The molecule has 8 heteroatoms. The molecule has 1 atom stereocenters. The predicted molar refractivity (Wildman–Crippen MR) is 71.2 cm³/mol. The van der Waals surface area contributed by atoms with Crippen molar-refractivity contribution in [3.63, 3.8) is 0 Å².